The molecular formula is C14H15FN2OS. The van der Waals surface area contributed by atoms with Crippen LogP contribution in [0.25, 0.3) is 0 Å². The fraction of sp³-hybridized carbons (Fsp3) is 0.286. The number of amides is 1. The van der Waals surface area contributed by atoms with Crippen LogP contribution in [0, 0.1) is 19.7 Å². The summed E-state index contributed by atoms with van der Waals surface area (Å²) in [5.74, 6) is -0.811. The van der Waals surface area contributed by atoms with Crippen LogP contribution < -0.4 is 0 Å². The molecule has 0 aliphatic carbocycles. The molecule has 2 rings (SSSR count). The van der Waals surface area contributed by atoms with E-state index in [1.807, 2.05) is 12.3 Å². The number of carbonyl (C=O) groups excluding carboxylic acids is 1. The minimum absolute atomic E-state index is 0.0973. The molecule has 0 atom stereocenters. The van der Waals surface area contributed by atoms with Crippen molar-refractivity contribution in [3.05, 3.63) is 51.2 Å². The van der Waals surface area contributed by atoms with Gasteiger partial charge in [-0.3, -0.25) is 4.79 Å². The van der Waals surface area contributed by atoms with E-state index in [-0.39, 0.29) is 11.5 Å². The van der Waals surface area contributed by atoms with E-state index in [9.17, 15) is 9.18 Å². The van der Waals surface area contributed by atoms with Crippen molar-refractivity contribution in [2.45, 2.75) is 20.4 Å². The highest BCUT2D eigenvalue weighted by molar-refractivity contribution is 7.09. The van der Waals surface area contributed by atoms with E-state index in [4.69, 9.17) is 0 Å². The molecule has 0 saturated heterocycles. The maximum atomic E-state index is 13.7. The molecule has 0 bridgehead atoms. The lowest BCUT2D eigenvalue weighted by molar-refractivity contribution is 0.0779. The number of hydrogen-bond acceptors (Lipinski definition) is 3. The van der Waals surface area contributed by atoms with Crippen LogP contribution in [-0.2, 0) is 6.54 Å². The van der Waals surface area contributed by atoms with Crippen molar-refractivity contribution in [3.8, 4) is 0 Å². The second kappa shape index (κ2) is 5.48. The molecule has 1 aromatic carbocycles. The zero-order valence-electron chi connectivity index (χ0n) is 11.1. The Labute approximate surface area is 115 Å². The van der Waals surface area contributed by atoms with E-state index in [1.165, 1.54) is 28.4 Å². The summed E-state index contributed by atoms with van der Waals surface area (Å²) in [4.78, 5) is 17.9. The Morgan fingerprint density at radius 2 is 2.16 bits per heavy atom. The summed E-state index contributed by atoms with van der Waals surface area (Å²) < 4.78 is 13.7. The van der Waals surface area contributed by atoms with Crippen molar-refractivity contribution in [2.75, 3.05) is 7.05 Å². The Bertz CT molecular complexity index is 609. The number of benzene rings is 1. The van der Waals surface area contributed by atoms with Gasteiger partial charge in [0.15, 0.2) is 0 Å². The van der Waals surface area contributed by atoms with Crippen LogP contribution in [0.15, 0.2) is 23.6 Å². The molecule has 0 saturated carbocycles. The number of hydrogen-bond donors (Lipinski definition) is 0. The average Bonchev–Trinajstić information content (AvgIpc) is 2.74. The van der Waals surface area contributed by atoms with Crippen LogP contribution in [0.3, 0.4) is 0 Å². The molecule has 2 aromatic rings. The van der Waals surface area contributed by atoms with Crippen LogP contribution in [0.1, 0.15) is 26.6 Å². The van der Waals surface area contributed by atoms with Gasteiger partial charge in [0.05, 0.1) is 22.8 Å². The summed E-state index contributed by atoms with van der Waals surface area (Å²) in [6.45, 7) is 4.09. The summed E-state index contributed by atoms with van der Waals surface area (Å²) in [5, 5.41) is 2.86. The first-order chi connectivity index (χ1) is 8.97. The Kier molecular flexibility index (Phi) is 3.95. The van der Waals surface area contributed by atoms with Gasteiger partial charge < -0.3 is 4.90 Å². The molecule has 3 nitrogen and oxygen atoms in total. The van der Waals surface area contributed by atoms with Gasteiger partial charge in [0.1, 0.15) is 5.82 Å². The van der Waals surface area contributed by atoms with E-state index in [0.29, 0.717) is 6.54 Å². The fourth-order valence-corrected chi connectivity index (χ4v) is 2.40. The second-order valence-corrected chi connectivity index (χ2v) is 5.56. The molecule has 0 radical (unpaired) electrons. The number of carbonyl (C=O) groups is 1. The van der Waals surface area contributed by atoms with Gasteiger partial charge in [0.2, 0.25) is 0 Å². The molecule has 0 spiro atoms. The normalized spacial score (nSPS) is 10.5. The molecule has 0 unspecified atom stereocenters. The molecule has 5 heteroatoms. The molecule has 0 aliphatic rings. The van der Waals surface area contributed by atoms with Crippen molar-refractivity contribution in [2.24, 2.45) is 0 Å². The second-order valence-electron chi connectivity index (χ2n) is 4.50. The lowest BCUT2D eigenvalue weighted by Gasteiger charge is -2.16. The molecular weight excluding hydrogens is 263 g/mol. The number of thiazole rings is 1. The summed E-state index contributed by atoms with van der Waals surface area (Å²) in [6.07, 6.45) is 0. The monoisotopic (exact) mass is 278 g/mol. The maximum absolute atomic E-state index is 13.7. The van der Waals surface area contributed by atoms with Crippen molar-refractivity contribution in [1.82, 2.24) is 9.88 Å². The van der Waals surface area contributed by atoms with Crippen LogP contribution in [0.4, 0.5) is 4.39 Å². The van der Waals surface area contributed by atoms with E-state index in [0.717, 1.165) is 16.3 Å². The summed E-state index contributed by atoms with van der Waals surface area (Å²) in [5.41, 5.74) is 1.72. The topological polar surface area (TPSA) is 33.2 Å². The predicted molar refractivity (Wildman–Crippen MR) is 73.8 cm³/mol. The number of rotatable bonds is 3. The molecule has 0 N–H and O–H groups in total. The lowest BCUT2D eigenvalue weighted by atomic mass is 10.1. The Hall–Kier alpha value is -1.75. The van der Waals surface area contributed by atoms with Gasteiger partial charge in [-0.25, -0.2) is 9.37 Å². The fourth-order valence-electron chi connectivity index (χ4n) is 1.79. The van der Waals surface area contributed by atoms with E-state index in [1.54, 1.807) is 20.0 Å². The smallest absolute Gasteiger partial charge is 0.256 e. The third kappa shape index (κ3) is 3.17. The standard InChI is InChI=1S/C14H15FN2OS/c1-9-4-5-12(13(15)6-9)14(18)17(3)7-11-8-19-10(2)16-11/h4-6,8H,7H2,1-3H3. The zero-order valence-corrected chi connectivity index (χ0v) is 11.9. The van der Waals surface area contributed by atoms with Gasteiger partial charge in [-0.15, -0.1) is 11.3 Å². The van der Waals surface area contributed by atoms with Gasteiger partial charge in [0.25, 0.3) is 5.91 Å². The van der Waals surface area contributed by atoms with Crippen LogP contribution in [-0.4, -0.2) is 22.8 Å². The first kappa shape index (κ1) is 13.7. The summed E-state index contributed by atoms with van der Waals surface area (Å²) in [7, 11) is 1.65. The molecule has 0 aliphatic heterocycles. The highest BCUT2D eigenvalue weighted by Gasteiger charge is 2.17. The van der Waals surface area contributed by atoms with Gasteiger partial charge in [0, 0.05) is 12.4 Å². The van der Waals surface area contributed by atoms with E-state index in [2.05, 4.69) is 4.98 Å². The third-order valence-corrected chi connectivity index (χ3v) is 3.59. The number of aromatic nitrogens is 1. The lowest BCUT2D eigenvalue weighted by Crippen LogP contribution is -2.27. The predicted octanol–water partition coefficient (Wildman–Crippen LogP) is 3.17. The Balaban J connectivity index is 2.14. The third-order valence-electron chi connectivity index (χ3n) is 2.77. The molecule has 19 heavy (non-hydrogen) atoms. The summed E-state index contributed by atoms with van der Waals surface area (Å²) >= 11 is 1.54. The maximum Gasteiger partial charge on any atom is 0.256 e. The van der Waals surface area contributed by atoms with Gasteiger partial charge in [-0.2, -0.15) is 0 Å². The van der Waals surface area contributed by atoms with E-state index >= 15 is 0 Å². The minimum atomic E-state index is -0.480. The minimum Gasteiger partial charge on any atom is -0.336 e. The van der Waals surface area contributed by atoms with Gasteiger partial charge >= 0.3 is 0 Å². The average molecular weight is 278 g/mol. The molecule has 100 valence electrons. The zero-order chi connectivity index (χ0) is 14.0. The molecule has 0 fully saturated rings. The SMILES string of the molecule is Cc1ccc(C(=O)N(C)Cc2csc(C)n2)c(F)c1. The molecule has 1 amide bonds. The van der Waals surface area contributed by atoms with Gasteiger partial charge in [-0.05, 0) is 31.5 Å². The quantitative estimate of drug-likeness (QED) is 0.864. The van der Waals surface area contributed by atoms with Crippen molar-refractivity contribution in [1.29, 1.82) is 0 Å². The number of nitrogens with zero attached hydrogens (tertiary/aromatic N) is 2. The van der Waals surface area contributed by atoms with Gasteiger partial charge in [-0.1, -0.05) is 6.07 Å². The van der Waals surface area contributed by atoms with Crippen molar-refractivity contribution in [3.63, 3.8) is 0 Å². The molecule has 1 heterocycles. The summed E-state index contributed by atoms with van der Waals surface area (Å²) in [6, 6.07) is 4.63. The highest BCUT2D eigenvalue weighted by atomic mass is 32.1. The first-order valence-corrected chi connectivity index (χ1v) is 6.78. The number of halogens is 1. The first-order valence-electron chi connectivity index (χ1n) is 5.90. The Morgan fingerprint density at radius 1 is 1.42 bits per heavy atom. The Morgan fingerprint density at radius 3 is 2.74 bits per heavy atom. The van der Waals surface area contributed by atoms with Crippen molar-refractivity contribution >= 4 is 17.2 Å². The van der Waals surface area contributed by atoms with Crippen LogP contribution >= 0.6 is 11.3 Å². The van der Waals surface area contributed by atoms with Crippen molar-refractivity contribution < 1.29 is 9.18 Å². The van der Waals surface area contributed by atoms with Crippen LogP contribution in [0.2, 0.25) is 0 Å². The van der Waals surface area contributed by atoms with Crippen LogP contribution in [0.5, 0.6) is 0 Å². The highest BCUT2D eigenvalue weighted by Crippen LogP contribution is 2.15. The van der Waals surface area contributed by atoms with E-state index < -0.39 is 5.82 Å². The molecule has 1 aromatic heterocycles. The largest absolute Gasteiger partial charge is 0.336 e. The number of aryl methyl sites for hydroxylation is 2.